The third kappa shape index (κ3) is 6.04. The van der Waals surface area contributed by atoms with Crippen LogP contribution in [0.5, 0.6) is 0 Å². The van der Waals surface area contributed by atoms with Crippen molar-refractivity contribution in [2.45, 2.75) is 13.5 Å². The molecule has 2 aromatic carbocycles. The first-order valence-electron chi connectivity index (χ1n) is 10.3. The van der Waals surface area contributed by atoms with E-state index in [9.17, 15) is 9.59 Å². The number of hydrogen-bond donors (Lipinski definition) is 1. The fourth-order valence-electron chi connectivity index (χ4n) is 3.18. The number of ether oxygens (including phenoxy) is 1. The standard InChI is InChI=1S/C25H22N4O4/c1-18-14-22(28-33-18)26-23(30)17-32-24(31)13-12-21-16-29(15-19-8-4-2-5-9-19)27-25(21)20-10-6-3-7-11-20/h2-14,16H,15,17H2,1H3,(H,26,28,30)/b13-12+. The van der Waals surface area contributed by atoms with E-state index >= 15 is 0 Å². The number of nitrogens with zero attached hydrogens (tertiary/aromatic N) is 3. The Morgan fingerprint density at radius 2 is 1.82 bits per heavy atom. The van der Waals surface area contributed by atoms with Gasteiger partial charge in [-0.15, -0.1) is 0 Å². The third-order valence-corrected chi connectivity index (χ3v) is 4.66. The van der Waals surface area contributed by atoms with Crippen LogP contribution in [-0.2, 0) is 20.9 Å². The summed E-state index contributed by atoms with van der Waals surface area (Å²) in [5, 5.41) is 10.9. The van der Waals surface area contributed by atoms with Crippen LogP contribution in [-0.4, -0.2) is 33.4 Å². The van der Waals surface area contributed by atoms with E-state index < -0.39 is 18.5 Å². The summed E-state index contributed by atoms with van der Waals surface area (Å²) in [6.07, 6.45) is 4.79. The van der Waals surface area contributed by atoms with Crippen LogP contribution in [0.15, 0.2) is 83.5 Å². The summed E-state index contributed by atoms with van der Waals surface area (Å²) >= 11 is 0. The fraction of sp³-hybridized carbons (Fsp3) is 0.120. The molecule has 0 unspecified atom stereocenters. The first-order valence-corrected chi connectivity index (χ1v) is 10.3. The second-order valence-corrected chi connectivity index (χ2v) is 7.29. The lowest BCUT2D eigenvalue weighted by molar-refractivity contribution is -0.142. The average Bonchev–Trinajstić information content (AvgIpc) is 3.43. The van der Waals surface area contributed by atoms with E-state index in [0.717, 1.165) is 22.4 Å². The molecule has 8 nitrogen and oxygen atoms in total. The molecule has 0 aliphatic rings. The number of amides is 1. The minimum absolute atomic E-state index is 0.266. The van der Waals surface area contributed by atoms with Gasteiger partial charge >= 0.3 is 5.97 Å². The van der Waals surface area contributed by atoms with Gasteiger partial charge in [-0.3, -0.25) is 9.48 Å². The topological polar surface area (TPSA) is 99.2 Å². The molecule has 1 N–H and O–H groups in total. The lowest BCUT2D eigenvalue weighted by atomic mass is 10.1. The van der Waals surface area contributed by atoms with E-state index in [4.69, 9.17) is 14.4 Å². The quantitative estimate of drug-likeness (QED) is 0.326. The molecule has 0 fully saturated rings. The van der Waals surface area contributed by atoms with Crippen molar-refractivity contribution in [3.05, 3.63) is 95.9 Å². The van der Waals surface area contributed by atoms with Crippen molar-refractivity contribution in [1.82, 2.24) is 14.9 Å². The number of rotatable bonds is 8. The molecule has 0 saturated heterocycles. The van der Waals surface area contributed by atoms with E-state index in [1.807, 2.05) is 71.5 Å². The highest BCUT2D eigenvalue weighted by Crippen LogP contribution is 2.23. The molecule has 8 heteroatoms. The van der Waals surface area contributed by atoms with E-state index in [0.29, 0.717) is 12.3 Å². The maximum Gasteiger partial charge on any atom is 0.331 e. The molecule has 2 aromatic heterocycles. The number of hydrogen-bond acceptors (Lipinski definition) is 6. The van der Waals surface area contributed by atoms with Crippen molar-refractivity contribution < 1.29 is 18.8 Å². The first-order chi connectivity index (χ1) is 16.1. The average molecular weight is 442 g/mol. The summed E-state index contributed by atoms with van der Waals surface area (Å²) in [5.41, 5.74) is 3.55. The molecule has 33 heavy (non-hydrogen) atoms. The number of esters is 1. The van der Waals surface area contributed by atoms with Gasteiger partial charge in [-0.2, -0.15) is 5.10 Å². The van der Waals surface area contributed by atoms with Gasteiger partial charge in [-0.1, -0.05) is 65.8 Å². The van der Waals surface area contributed by atoms with Crippen molar-refractivity contribution in [3.63, 3.8) is 0 Å². The molecule has 0 aliphatic carbocycles. The van der Waals surface area contributed by atoms with Gasteiger partial charge in [0.05, 0.1) is 12.2 Å². The van der Waals surface area contributed by atoms with E-state index in [1.54, 1.807) is 19.1 Å². The molecule has 0 bridgehead atoms. The molecule has 0 aliphatic heterocycles. The number of aryl methyl sites for hydroxylation is 1. The van der Waals surface area contributed by atoms with Gasteiger partial charge in [0.15, 0.2) is 12.4 Å². The van der Waals surface area contributed by atoms with Crippen LogP contribution in [0.1, 0.15) is 16.9 Å². The summed E-state index contributed by atoms with van der Waals surface area (Å²) in [6, 6.07) is 21.3. The smallest absolute Gasteiger partial charge is 0.331 e. The van der Waals surface area contributed by atoms with Crippen LogP contribution in [0.2, 0.25) is 0 Å². The molecule has 166 valence electrons. The number of anilines is 1. The van der Waals surface area contributed by atoms with Gasteiger partial charge in [-0.05, 0) is 18.6 Å². The van der Waals surface area contributed by atoms with Crippen LogP contribution < -0.4 is 5.32 Å². The highest BCUT2D eigenvalue weighted by Gasteiger charge is 2.11. The van der Waals surface area contributed by atoms with Crippen molar-refractivity contribution in [2.24, 2.45) is 0 Å². The summed E-state index contributed by atoms with van der Waals surface area (Å²) in [5.74, 6) is -0.323. The molecule has 4 rings (SSSR count). The van der Waals surface area contributed by atoms with Crippen LogP contribution in [0.25, 0.3) is 17.3 Å². The van der Waals surface area contributed by atoms with E-state index in [2.05, 4.69) is 10.5 Å². The van der Waals surface area contributed by atoms with Crippen LogP contribution in [0, 0.1) is 6.92 Å². The minimum atomic E-state index is -0.642. The molecule has 2 heterocycles. The van der Waals surface area contributed by atoms with Crippen molar-refractivity contribution in [2.75, 3.05) is 11.9 Å². The Morgan fingerprint density at radius 1 is 1.09 bits per heavy atom. The summed E-state index contributed by atoms with van der Waals surface area (Å²) in [4.78, 5) is 24.1. The first kappa shape index (κ1) is 21.8. The molecule has 0 spiro atoms. The third-order valence-electron chi connectivity index (χ3n) is 4.66. The number of carbonyl (C=O) groups is 2. The number of nitrogens with one attached hydrogen (secondary N) is 1. The lowest BCUT2D eigenvalue weighted by Gasteiger charge is -2.02. The van der Waals surface area contributed by atoms with Crippen molar-refractivity contribution in [3.8, 4) is 11.3 Å². The monoisotopic (exact) mass is 442 g/mol. The number of carbonyl (C=O) groups excluding carboxylic acids is 2. The normalized spacial score (nSPS) is 10.9. The van der Waals surface area contributed by atoms with Crippen LogP contribution in [0.4, 0.5) is 5.82 Å². The molecule has 0 atom stereocenters. The predicted octanol–water partition coefficient (Wildman–Crippen LogP) is 4.09. The van der Waals surface area contributed by atoms with Crippen LogP contribution in [0.3, 0.4) is 0 Å². The molecule has 4 aromatic rings. The number of aromatic nitrogens is 3. The zero-order chi connectivity index (χ0) is 23.0. The summed E-state index contributed by atoms with van der Waals surface area (Å²) < 4.78 is 11.7. The Hall–Kier alpha value is -4.46. The maximum atomic E-state index is 12.2. The van der Waals surface area contributed by atoms with Crippen molar-refractivity contribution in [1.29, 1.82) is 0 Å². The Kier molecular flexibility index (Phi) is 6.75. The maximum absolute atomic E-state index is 12.2. The highest BCUT2D eigenvalue weighted by molar-refractivity contribution is 5.94. The molecule has 0 radical (unpaired) electrons. The SMILES string of the molecule is Cc1cc(NC(=O)COC(=O)/C=C/c2cn(Cc3ccccc3)nc2-c2ccccc2)no1. The van der Waals surface area contributed by atoms with E-state index in [1.165, 1.54) is 6.08 Å². The van der Waals surface area contributed by atoms with Crippen molar-refractivity contribution >= 4 is 23.8 Å². The second kappa shape index (κ2) is 10.2. The zero-order valence-corrected chi connectivity index (χ0v) is 18.0. The highest BCUT2D eigenvalue weighted by atomic mass is 16.5. The Bertz CT molecular complexity index is 1260. The van der Waals surface area contributed by atoms with Gasteiger partial charge < -0.3 is 14.6 Å². The Balaban J connectivity index is 1.44. The minimum Gasteiger partial charge on any atom is -0.452 e. The van der Waals surface area contributed by atoms with Gasteiger partial charge in [0.2, 0.25) is 0 Å². The Morgan fingerprint density at radius 3 is 2.52 bits per heavy atom. The van der Waals surface area contributed by atoms with Gasteiger partial charge in [0.25, 0.3) is 5.91 Å². The summed E-state index contributed by atoms with van der Waals surface area (Å²) in [7, 11) is 0. The predicted molar refractivity (Wildman–Crippen MR) is 123 cm³/mol. The Labute approximate surface area is 190 Å². The molecule has 1 amide bonds. The van der Waals surface area contributed by atoms with Gasteiger partial charge in [0.1, 0.15) is 5.76 Å². The molecular weight excluding hydrogens is 420 g/mol. The lowest BCUT2D eigenvalue weighted by Crippen LogP contribution is -2.20. The number of benzene rings is 2. The molecule has 0 saturated carbocycles. The van der Waals surface area contributed by atoms with E-state index in [-0.39, 0.29) is 5.82 Å². The fourth-order valence-corrected chi connectivity index (χ4v) is 3.18. The van der Waals surface area contributed by atoms with Gasteiger partial charge in [-0.25, -0.2) is 4.79 Å². The largest absolute Gasteiger partial charge is 0.452 e. The molecular formula is C25H22N4O4. The zero-order valence-electron chi connectivity index (χ0n) is 18.0. The second-order valence-electron chi connectivity index (χ2n) is 7.29. The van der Waals surface area contributed by atoms with Gasteiger partial charge in [0, 0.05) is 29.5 Å². The summed E-state index contributed by atoms with van der Waals surface area (Å²) in [6.45, 7) is 1.87. The van der Waals surface area contributed by atoms with Crippen LogP contribution >= 0.6 is 0 Å².